The summed E-state index contributed by atoms with van der Waals surface area (Å²) in [6.45, 7) is 1.71. The van der Waals surface area contributed by atoms with E-state index in [0.29, 0.717) is 31.3 Å². The quantitative estimate of drug-likeness (QED) is 0.564. The minimum atomic E-state index is -1.58. The van der Waals surface area contributed by atoms with E-state index in [2.05, 4.69) is 0 Å². The molecular formula is C20H24O6. The molecule has 6 heteroatoms. The Kier molecular flexibility index (Phi) is 3.62. The Morgan fingerprint density at radius 2 is 1.85 bits per heavy atom. The maximum atomic E-state index is 13.1. The van der Waals surface area contributed by atoms with Gasteiger partial charge in [0, 0.05) is 24.8 Å². The van der Waals surface area contributed by atoms with E-state index in [9.17, 15) is 24.3 Å². The van der Waals surface area contributed by atoms with E-state index < -0.39 is 28.3 Å². The molecule has 0 bridgehead atoms. The molecular weight excluding hydrogens is 336 g/mol. The number of Topliss-reactive ketones (excluding diaryl/α,β-unsaturated/α-hetero) is 3. The zero-order valence-corrected chi connectivity index (χ0v) is 15.2. The van der Waals surface area contributed by atoms with Gasteiger partial charge in [-0.2, -0.15) is 0 Å². The van der Waals surface area contributed by atoms with Gasteiger partial charge in [-0.1, -0.05) is 0 Å². The van der Waals surface area contributed by atoms with E-state index >= 15 is 0 Å². The van der Waals surface area contributed by atoms with Crippen LogP contribution in [0.2, 0.25) is 0 Å². The van der Waals surface area contributed by atoms with E-state index in [-0.39, 0.29) is 48.6 Å². The summed E-state index contributed by atoms with van der Waals surface area (Å²) >= 11 is 0. The number of ether oxygens (including phenoxy) is 1. The van der Waals surface area contributed by atoms with Gasteiger partial charge in [0.1, 0.15) is 11.4 Å². The smallest absolute Gasteiger partial charge is 0.323 e. The van der Waals surface area contributed by atoms with Gasteiger partial charge in [0.15, 0.2) is 17.0 Å². The molecule has 0 aromatic heterocycles. The Bertz CT molecular complexity index is 769. The van der Waals surface area contributed by atoms with Crippen LogP contribution >= 0.6 is 0 Å². The minimum absolute atomic E-state index is 0.0479. The van der Waals surface area contributed by atoms with Gasteiger partial charge in [-0.15, -0.1) is 0 Å². The zero-order valence-electron chi connectivity index (χ0n) is 15.2. The highest BCUT2D eigenvalue weighted by molar-refractivity contribution is 6.14. The van der Waals surface area contributed by atoms with E-state index in [1.165, 1.54) is 7.11 Å². The maximum Gasteiger partial charge on any atom is 0.323 e. The first-order chi connectivity index (χ1) is 12.2. The van der Waals surface area contributed by atoms with Gasteiger partial charge in [-0.3, -0.25) is 19.2 Å². The summed E-state index contributed by atoms with van der Waals surface area (Å²) < 4.78 is 5.04. The molecule has 1 unspecified atom stereocenters. The molecule has 4 aliphatic rings. The lowest BCUT2D eigenvalue weighted by Crippen LogP contribution is -2.60. The summed E-state index contributed by atoms with van der Waals surface area (Å²) in [5.41, 5.74) is -3.47. The molecule has 0 aromatic carbocycles. The van der Waals surface area contributed by atoms with Crippen molar-refractivity contribution in [1.82, 2.24) is 0 Å². The molecule has 0 aromatic rings. The molecule has 0 amide bonds. The molecule has 0 aliphatic heterocycles. The zero-order chi connectivity index (χ0) is 18.9. The van der Waals surface area contributed by atoms with Gasteiger partial charge in [0.25, 0.3) is 0 Å². The number of hydrogen-bond acceptors (Lipinski definition) is 6. The monoisotopic (exact) mass is 360 g/mol. The molecule has 2 saturated carbocycles. The van der Waals surface area contributed by atoms with E-state index in [1.807, 2.05) is 0 Å². The standard InChI is InChI=1S/C20H24O6/c1-18-8-6-12-16(19(18,25)9-7-14(18)22)13(21)10-11-4-3-5-15(23)20(11,12)17(24)26-2/h11,25H,3-10H2,1-2H3/t11?,18-,19-,20-/m1/s1. The van der Waals surface area contributed by atoms with Crippen LogP contribution in [0.4, 0.5) is 0 Å². The lowest BCUT2D eigenvalue weighted by atomic mass is 9.49. The summed E-state index contributed by atoms with van der Waals surface area (Å²) in [6.07, 6.45) is 2.59. The van der Waals surface area contributed by atoms with E-state index in [1.54, 1.807) is 6.92 Å². The van der Waals surface area contributed by atoms with Crippen LogP contribution < -0.4 is 0 Å². The molecule has 4 atom stereocenters. The van der Waals surface area contributed by atoms with E-state index in [0.717, 1.165) is 0 Å². The van der Waals surface area contributed by atoms with Gasteiger partial charge < -0.3 is 9.84 Å². The van der Waals surface area contributed by atoms with Crippen LogP contribution in [-0.4, -0.2) is 41.1 Å². The van der Waals surface area contributed by atoms with E-state index in [4.69, 9.17) is 4.74 Å². The molecule has 140 valence electrons. The first-order valence-electron chi connectivity index (χ1n) is 9.38. The first kappa shape index (κ1) is 17.6. The molecule has 1 N–H and O–H groups in total. The normalized spacial score (nSPS) is 42.3. The minimum Gasteiger partial charge on any atom is -0.468 e. The summed E-state index contributed by atoms with van der Waals surface area (Å²) in [5.74, 6) is -1.51. The molecule has 0 radical (unpaired) electrons. The van der Waals surface area contributed by atoms with Crippen molar-refractivity contribution in [3.63, 3.8) is 0 Å². The summed E-state index contributed by atoms with van der Waals surface area (Å²) in [4.78, 5) is 51.5. The van der Waals surface area contributed by atoms with Crippen LogP contribution in [0.5, 0.6) is 0 Å². The number of aliphatic hydroxyl groups is 1. The Labute approximate surface area is 152 Å². The topological polar surface area (TPSA) is 97.7 Å². The Morgan fingerprint density at radius 1 is 1.12 bits per heavy atom. The van der Waals surface area contributed by atoms with Gasteiger partial charge in [0.05, 0.1) is 12.5 Å². The third-order valence-corrected chi connectivity index (χ3v) is 7.54. The predicted octanol–water partition coefficient (Wildman–Crippen LogP) is 1.68. The van der Waals surface area contributed by atoms with Crippen molar-refractivity contribution in [3.05, 3.63) is 11.1 Å². The second kappa shape index (κ2) is 5.35. The van der Waals surface area contributed by atoms with Gasteiger partial charge in [0.2, 0.25) is 0 Å². The average molecular weight is 360 g/mol. The molecule has 0 heterocycles. The lowest BCUT2D eigenvalue weighted by Gasteiger charge is -2.53. The number of hydrogen-bond donors (Lipinski definition) is 1. The fourth-order valence-electron chi connectivity index (χ4n) is 6.08. The Balaban J connectivity index is 2.01. The van der Waals surface area contributed by atoms with Crippen LogP contribution in [0.25, 0.3) is 0 Å². The van der Waals surface area contributed by atoms with Gasteiger partial charge in [-0.05, 0) is 50.5 Å². The van der Waals surface area contributed by atoms with Crippen LogP contribution in [-0.2, 0) is 23.9 Å². The number of ketones is 3. The van der Waals surface area contributed by atoms with Crippen molar-refractivity contribution >= 4 is 23.3 Å². The fourth-order valence-corrected chi connectivity index (χ4v) is 6.08. The molecule has 0 saturated heterocycles. The van der Waals surface area contributed by atoms with Crippen LogP contribution in [0.15, 0.2) is 11.1 Å². The van der Waals surface area contributed by atoms with Crippen LogP contribution in [0.1, 0.15) is 58.3 Å². The number of carbonyl (C=O) groups is 4. The molecule has 0 spiro atoms. The highest BCUT2D eigenvalue weighted by Crippen LogP contribution is 2.62. The second-order valence-corrected chi connectivity index (χ2v) is 8.41. The van der Waals surface area contributed by atoms with Crippen molar-refractivity contribution in [2.75, 3.05) is 7.11 Å². The van der Waals surface area contributed by atoms with Crippen molar-refractivity contribution in [3.8, 4) is 0 Å². The fraction of sp³-hybridized carbons (Fsp3) is 0.700. The number of rotatable bonds is 1. The lowest BCUT2D eigenvalue weighted by molar-refractivity contribution is -0.163. The molecule has 4 aliphatic carbocycles. The Hall–Kier alpha value is -1.82. The average Bonchev–Trinajstić information content (AvgIpc) is 2.85. The summed E-state index contributed by atoms with van der Waals surface area (Å²) in [7, 11) is 1.26. The molecule has 4 rings (SSSR count). The van der Waals surface area contributed by atoms with Crippen molar-refractivity contribution < 1.29 is 29.0 Å². The highest BCUT2D eigenvalue weighted by atomic mass is 16.5. The number of carbonyl (C=O) groups excluding carboxylic acids is 4. The summed E-state index contributed by atoms with van der Waals surface area (Å²) in [5, 5.41) is 11.5. The first-order valence-corrected chi connectivity index (χ1v) is 9.38. The SMILES string of the molecule is COC(=O)[C@]12C(=O)CCCC1CC(=O)C1=C2CC[C@]2(C)C(=O)CC[C@@]12O. The molecule has 2 fully saturated rings. The number of methoxy groups -OCH3 is 1. The largest absolute Gasteiger partial charge is 0.468 e. The van der Waals surface area contributed by atoms with Crippen molar-refractivity contribution in [1.29, 1.82) is 0 Å². The second-order valence-electron chi connectivity index (χ2n) is 8.41. The van der Waals surface area contributed by atoms with Crippen LogP contribution in [0, 0.1) is 16.7 Å². The molecule has 26 heavy (non-hydrogen) atoms. The van der Waals surface area contributed by atoms with Gasteiger partial charge in [-0.25, -0.2) is 0 Å². The predicted molar refractivity (Wildman–Crippen MR) is 90.0 cm³/mol. The van der Waals surface area contributed by atoms with Gasteiger partial charge >= 0.3 is 5.97 Å². The third-order valence-electron chi connectivity index (χ3n) is 7.54. The van der Waals surface area contributed by atoms with Crippen LogP contribution in [0.3, 0.4) is 0 Å². The highest BCUT2D eigenvalue weighted by Gasteiger charge is 2.68. The van der Waals surface area contributed by atoms with Crippen molar-refractivity contribution in [2.24, 2.45) is 16.7 Å². The number of esters is 1. The summed E-state index contributed by atoms with van der Waals surface area (Å²) in [6, 6.07) is 0. The molecule has 6 nitrogen and oxygen atoms in total. The Morgan fingerprint density at radius 3 is 2.54 bits per heavy atom. The van der Waals surface area contributed by atoms with Crippen molar-refractivity contribution in [2.45, 2.75) is 63.9 Å². The maximum absolute atomic E-state index is 13.1. The number of fused-ring (bicyclic) bond motifs is 4. The third kappa shape index (κ3) is 1.76.